The summed E-state index contributed by atoms with van der Waals surface area (Å²) in [5, 5.41) is 12.7. The molecule has 17 heteroatoms. The van der Waals surface area contributed by atoms with Crippen LogP contribution in [-0.4, -0.2) is 60.3 Å². The molecule has 4 N–H and O–H groups in total. The molecule has 0 saturated heterocycles. The van der Waals surface area contributed by atoms with Crippen molar-refractivity contribution in [3.05, 3.63) is 16.5 Å². The van der Waals surface area contributed by atoms with E-state index in [0.29, 0.717) is 24.2 Å². The normalized spacial score (nSPS) is 25.9. The van der Waals surface area contributed by atoms with E-state index in [-0.39, 0.29) is 52.6 Å². The van der Waals surface area contributed by atoms with Crippen LogP contribution in [0.5, 0.6) is 5.88 Å². The fourth-order valence-electron chi connectivity index (χ4n) is 4.65. The fourth-order valence-corrected chi connectivity index (χ4v) is 8.16. The lowest BCUT2D eigenvalue weighted by Gasteiger charge is -2.30. The molecule has 0 radical (unpaired) electrons. The Balaban J connectivity index is 1.32. The molecular weight excluding hydrogens is 584 g/mol. The molecule has 1 amide bonds. The Labute approximate surface area is 230 Å². The van der Waals surface area contributed by atoms with E-state index in [1.165, 1.54) is 17.8 Å². The molecule has 2 aromatic rings. The summed E-state index contributed by atoms with van der Waals surface area (Å²) < 4.78 is 86.7. The van der Waals surface area contributed by atoms with Crippen LogP contribution in [0.1, 0.15) is 36.1 Å². The van der Waals surface area contributed by atoms with Gasteiger partial charge in [0.05, 0.1) is 5.92 Å². The highest BCUT2D eigenvalue weighted by Gasteiger charge is 2.45. The van der Waals surface area contributed by atoms with Crippen molar-refractivity contribution >= 4 is 55.4 Å². The van der Waals surface area contributed by atoms with Gasteiger partial charge in [-0.1, -0.05) is 0 Å². The molecule has 3 atom stereocenters. The maximum Gasteiger partial charge on any atom is 0.388 e. The number of nitrogens with one attached hydrogen (secondary N) is 4. The lowest BCUT2D eigenvalue weighted by molar-refractivity contribution is -0.117. The first kappa shape index (κ1) is 28.0. The predicted octanol–water partition coefficient (Wildman–Crippen LogP) is 3.00. The molecule has 2 heterocycles. The SMILES string of the molecule is Cn1nc(OC(F)F)cc1NC(=S)N[C@H]1CCc2sc(NC(=O)[C@H]3C[C@@H]3F)c(S(=O)(=O)NC3CC(F)C3)c2C1. The lowest BCUT2D eigenvalue weighted by atomic mass is 9.92. The van der Waals surface area contributed by atoms with Crippen LogP contribution in [0.4, 0.5) is 28.4 Å². The van der Waals surface area contributed by atoms with Crippen molar-refractivity contribution in [3.8, 4) is 5.88 Å². The molecule has 214 valence electrons. The summed E-state index contributed by atoms with van der Waals surface area (Å²) in [7, 11) is -2.61. The predicted molar refractivity (Wildman–Crippen MR) is 139 cm³/mol. The van der Waals surface area contributed by atoms with E-state index < -0.39 is 46.8 Å². The number of hydrogen-bond donors (Lipinski definition) is 4. The third kappa shape index (κ3) is 6.30. The molecule has 2 saturated carbocycles. The summed E-state index contributed by atoms with van der Waals surface area (Å²) in [6.07, 6.45) is -0.749. The molecule has 2 aromatic heterocycles. The van der Waals surface area contributed by atoms with Gasteiger partial charge in [0.2, 0.25) is 21.8 Å². The first-order valence-corrected chi connectivity index (χ1v) is 14.9. The number of amides is 1. The van der Waals surface area contributed by atoms with Gasteiger partial charge in [0.15, 0.2) is 5.11 Å². The minimum Gasteiger partial charge on any atom is -0.415 e. The smallest absolute Gasteiger partial charge is 0.388 e. The van der Waals surface area contributed by atoms with Crippen molar-refractivity contribution in [1.82, 2.24) is 19.8 Å². The van der Waals surface area contributed by atoms with Gasteiger partial charge in [0.25, 0.3) is 0 Å². The van der Waals surface area contributed by atoms with Gasteiger partial charge in [0, 0.05) is 30.1 Å². The van der Waals surface area contributed by atoms with Gasteiger partial charge in [-0.25, -0.2) is 26.6 Å². The molecular formula is C22H26F4N6O4S3. The second-order valence-corrected chi connectivity index (χ2v) is 13.0. The number of ether oxygens (including phenoxy) is 1. The Kier molecular flexibility index (Phi) is 7.78. The molecule has 2 fully saturated rings. The highest BCUT2D eigenvalue weighted by atomic mass is 32.2. The highest BCUT2D eigenvalue weighted by Crippen LogP contribution is 2.43. The number of nitrogens with zero attached hydrogens (tertiary/aromatic N) is 2. The fraction of sp³-hybridized carbons (Fsp3) is 0.591. The average molecular weight is 611 g/mol. The van der Waals surface area contributed by atoms with Crippen LogP contribution in [0.2, 0.25) is 0 Å². The van der Waals surface area contributed by atoms with E-state index >= 15 is 0 Å². The molecule has 0 spiro atoms. The number of rotatable bonds is 9. The number of thiophene rings is 1. The Bertz CT molecular complexity index is 1380. The second-order valence-electron chi connectivity index (χ2n) is 9.80. The van der Waals surface area contributed by atoms with E-state index in [9.17, 15) is 30.8 Å². The van der Waals surface area contributed by atoms with E-state index in [2.05, 4.69) is 30.5 Å². The molecule has 3 aliphatic carbocycles. The number of sulfonamides is 1. The number of anilines is 2. The van der Waals surface area contributed by atoms with Gasteiger partial charge in [-0.3, -0.25) is 4.79 Å². The quantitative estimate of drug-likeness (QED) is 0.252. The van der Waals surface area contributed by atoms with Gasteiger partial charge in [0.1, 0.15) is 28.1 Å². The first-order chi connectivity index (χ1) is 18.4. The van der Waals surface area contributed by atoms with Crippen LogP contribution < -0.4 is 25.4 Å². The van der Waals surface area contributed by atoms with Crippen LogP contribution >= 0.6 is 23.6 Å². The van der Waals surface area contributed by atoms with E-state index in [0.717, 1.165) is 16.2 Å². The number of halogens is 4. The van der Waals surface area contributed by atoms with Gasteiger partial charge in [-0.15, -0.1) is 16.4 Å². The highest BCUT2D eigenvalue weighted by molar-refractivity contribution is 7.90. The molecule has 0 aliphatic heterocycles. The summed E-state index contributed by atoms with van der Waals surface area (Å²) in [6.45, 7) is -3.03. The van der Waals surface area contributed by atoms with Gasteiger partial charge < -0.3 is 20.7 Å². The minimum absolute atomic E-state index is 0.0705. The number of hydrogen-bond acceptors (Lipinski definition) is 7. The average Bonchev–Trinajstić information content (AvgIpc) is 3.29. The number of aromatic nitrogens is 2. The van der Waals surface area contributed by atoms with Crippen molar-refractivity contribution in [2.45, 2.75) is 74.5 Å². The number of carbonyl (C=O) groups excluding carboxylic acids is 1. The van der Waals surface area contributed by atoms with Gasteiger partial charge in [-0.2, -0.15) is 8.78 Å². The first-order valence-electron chi connectivity index (χ1n) is 12.2. The van der Waals surface area contributed by atoms with Crippen molar-refractivity contribution in [2.24, 2.45) is 13.0 Å². The zero-order chi connectivity index (χ0) is 28.1. The number of aryl methyl sites for hydroxylation is 2. The Morgan fingerprint density at radius 3 is 2.59 bits per heavy atom. The number of carbonyl (C=O) groups is 1. The van der Waals surface area contributed by atoms with Gasteiger partial charge in [-0.05, 0) is 56.3 Å². The van der Waals surface area contributed by atoms with Crippen molar-refractivity contribution < 1.29 is 35.5 Å². The summed E-state index contributed by atoms with van der Waals surface area (Å²) in [6, 6.07) is 0.412. The Morgan fingerprint density at radius 1 is 1.23 bits per heavy atom. The standard InChI is InChI=1S/C22H26F4N6O4S3/c1-32-16(8-17(30-32)36-21(25)26)28-22(37)27-10-2-3-15-13(6-10)18(39(34,35)31-11-4-9(23)5-11)20(38-15)29-19(33)12-7-14(12)24/h8-12,14,21,31H,2-7H2,1H3,(H,29,33)(H2,27,28,37)/t9?,10-,11?,12-,14-/m0/s1. The molecule has 39 heavy (non-hydrogen) atoms. The molecule has 0 unspecified atom stereocenters. The maximum absolute atomic E-state index is 13.5. The molecule has 0 bridgehead atoms. The number of fused-ring (bicyclic) bond motifs is 1. The van der Waals surface area contributed by atoms with E-state index in [4.69, 9.17) is 12.2 Å². The van der Waals surface area contributed by atoms with Crippen LogP contribution in [0.15, 0.2) is 11.0 Å². The zero-order valence-electron chi connectivity index (χ0n) is 20.5. The summed E-state index contributed by atoms with van der Waals surface area (Å²) in [5.41, 5.74) is 0.506. The van der Waals surface area contributed by atoms with Gasteiger partial charge >= 0.3 is 6.61 Å². The number of thiocarbonyl (C=S) groups is 1. The summed E-state index contributed by atoms with van der Waals surface area (Å²) in [4.78, 5) is 13.2. The minimum atomic E-state index is -4.13. The van der Waals surface area contributed by atoms with Crippen molar-refractivity contribution in [3.63, 3.8) is 0 Å². The monoisotopic (exact) mass is 610 g/mol. The largest absolute Gasteiger partial charge is 0.415 e. The molecule has 5 rings (SSSR count). The third-order valence-corrected chi connectivity index (χ3v) is 10.0. The Hall–Kier alpha value is -2.50. The zero-order valence-corrected chi connectivity index (χ0v) is 23.0. The van der Waals surface area contributed by atoms with Crippen molar-refractivity contribution in [1.29, 1.82) is 0 Å². The summed E-state index contributed by atoms with van der Waals surface area (Å²) >= 11 is 6.51. The molecule has 0 aromatic carbocycles. The second kappa shape index (κ2) is 10.8. The topological polar surface area (TPSA) is 126 Å². The van der Waals surface area contributed by atoms with Crippen molar-refractivity contribution in [2.75, 3.05) is 10.6 Å². The van der Waals surface area contributed by atoms with E-state index in [1.807, 2.05) is 0 Å². The van der Waals surface area contributed by atoms with E-state index in [1.54, 1.807) is 0 Å². The van der Waals surface area contributed by atoms with Crippen LogP contribution in [0, 0.1) is 5.92 Å². The summed E-state index contributed by atoms with van der Waals surface area (Å²) in [5.74, 6) is -1.36. The number of alkyl halides is 4. The third-order valence-electron chi connectivity index (χ3n) is 6.81. The Morgan fingerprint density at radius 2 is 1.95 bits per heavy atom. The molecule has 10 nitrogen and oxygen atoms in total. The van der Waals surface area contributed by atoms with Crippen LogP contribution in [0.25, 0.3) is 0 Å². The maximum atomic E-state index is 13.5. The van der Waals surface area contributed by atoms with Crippen LogP contribution in [0.3, 0.4) is 0 Å². The molecule has 3 aliphatic rings. The van der Waals surface area contributed by atoms with Crippen LogP contribution in [-0.2, 0) is 34.7 Å². The lowest BCUT2D eigenvalue weighted by Crippen LogP contribution is -2.45.